The number of aryl methyl sites for hydroxylation is 1. The first-order valence-corrected chi connectivity index (χ1v) is 6.09. The summed E-state index contributed by atoms with van der Waals surface area (Å²) in [6.07, 6.45) is 0.458. The quantitative estimate of drug-likeness (QED) is 0.818. The van der Waals surface area contributed by atoms with Crippen LogP contribution in [-0.2, 0) is 4.79 Å². The molecule has 0 aliphatic heterocycles. The zero-order chi connectivity index (χ0) is 12.8. The van der Waals surface area contributed by atoms with Gasteiger partial charge in [0.15, 0.2) is 0 Å². The zero-order valence-electron chi connectivity index (χ0n) is 10.9. The van der Waals surface area contributed by atoms with Gasteiger partial charge < -0.3 is 11.1 Å². The van der Waals surface area contributed by atoms with Gasteiger partial charge in [0.1, 0.15) is 0 Å². The maximum Gasteiger partial charge on any atom is 0.220 e. The molecule has 0 spiro atoms. The van der Waals surface area contributed by atoms with E-state index < -0.39 is 0 Å². The third-order valence-corrected chi connectivity index (χ3v) is 2.79. The Labute approximate surface area is 103 Å². The van der Waals surface area contributed by atoms with E-state index in [1.165, 1.54) is 11.1 Å². The third kappa shape index (κ3) is 4.19. The standard InChI is InChI=1S/C14H22N2O/c1-10(2)16-14(17)8-12(9-15)13-7-5-4-6-11(13)3/h4-7,10,12H,8-9,15H2,1-3H3,(H,16,17). The molecule has 1 rings (SSSR count). The maximum atomic E-state index is 11.7. The van der Waals surface area contributed by atoms with E-state index >= 15 is 0 Å². The van der Waals surface area contributed by atoms with E-state index in [0.717, 1.165) is 0 Å². The number of benzene rings is 1. The van der Waals surface area contributed by atoms with Crippen LogP contribution in [0.15, 0.2) is 24.3 Å². The molecule has 0 aromatic heterocycles. The monoisotopic (exact) mass is 234 g/mol. The average molecular weight is 234 g/mol. The normalized spacial score (nSPS) is 12.5. The second-order valence-electron chi connectivity index (χ2n) is 4.72. The first-order chi connectivity index (χ1) is 8.04. The van der Waals surface area contributed by atoms with Gasteiger partial charge in [-0.25, -0.2) is 0 Å². The molecule has 3 nitrogen and oxygen atoms in total. The SMILES string of the molecule is Cc1ccccc1C(CN)CC(=O)NC(C)C. The first kappa shape index (κ1) is 13.7. The van der Waals surface area contributed by atoms with Crippen LogP contribution in [0.3, 0.4) is 0 Å². The van der Waals surface area contributed by atoms with Gasteiger partial charge in [-0.15, -0.1) is 0 Å². The second kappa shape index (κ2) is 6.40. The Kier molecular flexibility index (Phi) is 5.16. The van der Waals surface area contributed by atoms with Crippen LogP contribution >= 0.6 is 0 Å². The van der Waals surface area contributed by atoms with Crippen LogP contribution in [0.25, 0.3) is 0 Å². The molecule has 94 valence electrons. The third-order valence-electron chi connectivity index (χ3n) is 2.79. The van der Waals surface area contributed by atoms with E-state index in [1.807, 2.05) is 26.0 Å². The lowest BCUT2D eigenvalue weighted by atomic mass is 9.92. The van der Waals surface area contributed by atoms with Gasteiger partial charge in [-0.2, -0.15) is 0 Å². The van der Waals surface area contributed by atoms with Crippen LogP contribution in [0.5, 0.6) is 0 Å². The van der Waals surface area contributed by atoms with Crippen LogP contribution in [0, 0.1) is 6.92 Å². The molecule has 0 aliphatic rings. The van der Waals surface area contributed by atoms with Crippen molar-refractivity contribution in [3.63, 3.8) is 0 Å². The molecule has 0 radical (unpaired) electrons. The van der Waals surface area contributed by atoms with Crippen molar-refractivity contribution in [2.75, 3.05) is 6.54 Å². The van der Waals surface area contributed by atoms with Gasteiger partial charge in [0.25, 0.3) is 0 Å². The van der Waals surface area contributed by atoms with Gasteiger partial charge in [0.2, 0.25) is 5.91 Å². The fourth-order valence-electron chi connectivity index (χ4n) is 1.97. The summed E-state index contributed by atoms with van der Waals surface area (Å²) in [5.74, 6) is 0.175. The Morgan fingerprint density at radius 3 is 2.53 bits per heavy atom. The molecule has 1 aromatic carbocycles. The number of hydrogen-bond acceptors (Lipinski definition) is 2. The predicted molar refractivity (Wildman–Crippen MR) is 70.9 cm³/mol. The predicted octanol–water partition coefficient (Wildman–Crippen LogP) is 1.95. The van der Waals surface area contributed by atoms with Gasteiger partial charge in [0.05, 0.1) is 0 Å². The van der Waals surface area contributed by atoms with Crippen molar-refractivity contribution in [3.05, 3.63) is 35.4 Å². The Hall–Kier alpha value is -1.35. The van der Waals surface area contributed by atoms with Gasteiger partial charge >= 0.3 is 0 Å². The number of amides is 1. The molecule has 0 fully saturated rings. The Balaban J connectivity index is 2.73. The van der Waals surface area contributed by atoms with Crippen LogP contribution < -0.4 is 11.1 Å². The van der Waals surface area contributed by atoms with Crippen molar-refractivity contribution in [1.82, 2.24) is 5.32 Å². The van der Waals surface area contributed by atoms with Crippen molar-refractivity contribution in [1.29, 1.82) is 0 Å². The Morgan fingerprint density at radius 1 is 1.35 bits per heavy atom. The minimum Gasteiger partial charge on any atom is -0.354 e. The highest BCUT2D eigenvalue weighted by Crippen LogP contribution is 2.21. The smallest absolute Gasteiger partial charge is 0.220 e. The van der Waals surface area contributed by atoms with Crippen molar-refractivity contribution in [2.45, 2.75) is 39.2 Å². The van der Waals surface area contributed by atoms with Crippen molar-refractivity contribution < 1.29 is 4.79 Å². The van der Waals surface area contributed by atoms with Crippen molar-refractivity contribution in [2.24, 2.45) is 5.73 Å². The second-order valence-corrected chi connectivity index (χ2v) is 4.72. The van der Waals surface area contributed by atoms with Crippen LogP contribution in [0.1, 0.15) is 37.3 Å². The minimum atomic E-state index is 0.0682. The molecular formula is C14H22N2O. The van der Waals surface area contributed by atoms with Gasteiger partial charge in [-0.3, -0.25) is 4.79 Å². The summed E-state index contributed by atoms with van der Waals surface area (Å²) in [6, 6.07) is 8.28. The maximum absolute atomic E-state index is 11.7. The average Bonchev–Trinajstić information content (AvgIpc) is 2.26. The number of hydrogen-bond donors (Lipinski definition) is 2. The van der Waals surface area contributed by atoms with E-state index in [-0.39, 0.29) is 17.9 Å². The minimum absolute atomic E-state index is 0.0682. The highest BCUT2D eigenvalue weighted by Gasteiger charge is 2.16. The largest absolute Gasteiger partial charge is 0.354 e. The summed E-state index contributed by atoms with van der Waals surface area (Å²) < 4.78 is 0. The van der Waals surface area contributed by atoms with Gasteiger partial charge in [-0.1, -0.05) is 24.3 Å². The lowest BCUT2D eigenvalue weighted by Crippen LogP contribution is -2.32. The van der Waals surface area contributed by atoms with Gasteiger partial charge in [-0.05, 0) is 38.4 Å². The van der Waals surface area contributed by atoms with Crippen LogP contribution in [0.4, 0.5) is 0 Å². The molecule has 3 heteroatoms. The topological polar surface area (TPSA) is 55.1 Å². The Bertz CT molecular complexity index is 374. The summed E-state index contributed by atoms with van der Waals surface area (Å²) >= 11 is 0. The number of nitrogens with one attached hydrogen (secondary N) is 1. The molecule has 1 amide bonds. The lowest BCUT2D eigenvalue weighted by Gasteiger charge is -2.18. The summed E-state index contributed by atoms with van der Waals surface area (Å²) in [6.45, 7) is 6.47. The summed E-state index contributed by atoms with van der Waals surface area (Å²) in [5, 5.41) is 2.90. The first-order valence-electron chi connectivity index (χ1n) is 6.09. The fraction of sp³-hybridized carbons (Fsp3) is 0.500. The van der Waals surface area contributed by atoms with E-state index in [4.69, 9.17) is 5.73 Å². The summed E-state index contributed by atoms with van der Waals surface area (Å²) in [5.41, 5.74) is 8.14. The summed E-state index contributed by atoms with van der Waals surface area (Å²) in [7, 11) is 0. The van der Waals surface area contributed by atoms with Crippen LogP contribution in [-0.4, -0.2) is 18.5 Å². The molecule has 0 heterocycles. The molecule has 3 N–H and O–H groups in total. The van der Waals surface area contributed by atoms with E-state index in [0.29, 0.717) is 13.0 Å². The van der Waals surface area contributed by atoms with Crippen molar-refractivity contribution >= 4 is 5.91 Å². The molecule has 0 saturated carbocycles. The molecule has 1 aromatic rings. The Morgan fingerprint density at radius 2 is 2.00 bits per heavy atom. The molecule has 0 saturated heterocycles. The van der Waals surface area contributed by atoms with E-state index in [9.17, 15) is 4.79 Å². The molecule has 0 aliphatic carbocycles. The molecule has 1 atom stereocenters. The summed E-state index contributed by atoms with van der Waals surface area (Å²) in [4.78, 5) is 11.7. The highest BCUT2D eigenvalue weighted by atomic mass is 16.1. The molecule has 0 bridgehead atoms. The highest BCUT2D eigenvalue weighted by molar-refractivity contribution is 5.77. The van der Waals surface area contributed by atoms with E-state index in [1.54, 1.807) is 0 Å². The van der Waals surface area contributed by atoms with E-state index in [2.05, 4.69) is 24.4 Å². The lowest BCUT2D eigenvalue weighted by molar-refractivity contribution is -0.121. The number of carbonyl (C=O) groups excluding carboxylic acids is 1. The van der Waals surface area contributed by atoms with Gasteiger partial charge in [0, 0.05) is 18.4 Å². The number of carbonyl (C=O) groups is 1. The van der Waals surface area contributed by atoms with Crippen LogP contribution in [0.2, 0.25) is 0 Å². The number of nitrogens with two attached hydrogens (primary N) is 1. The fourth-order valence-corrected chi connectivity index (χ4v) is 1.97. The molecule has 1 unspecified atom stereocenters. The molecular weight excluding hydrogens is 212 g/mol. The zero-order valence-corrected chi connectivity index (χ0v) is 10.9. The molecule has 17 heavy (non-hydrogen) atoms. The number of rotatable bonds is 5. The van der Waals surface area contributed by atoms with Crippen molar-refractivity contribution in [3.8, 4) is 0 Å².